The molecule has 0 saturated heterocycles. The third kappa shape index (κ3) is 13.3. The van der Waals surface area contributed by atoms with E-state index in [4.69, 9.17) is 0 Å². The minimum Gasteiger partial charge on any atom is -0.300 e. The molecule has 18 heavy (non-hydrogen) atoms. The first-order valence-electron chi connectivity index (χ1n) is 7.72. The van der Waals surface area contributed by atoms with Crippen molar-refractivity contribution in [2.45, 2.75) is 90.9 Å². The average molecular weight is 250 g/mol. The molecule has 0 rings (SSSR count). The van der Waals surface area contributed by atoms with Crippen LogP contribution >= 0.6 is 0 Å². The predicted molar refractivity (Wildman–Crippen MR) is 79.5 cm³/mol. The van der Waals surface area contributed by atoms with E-state index in [1.807, 2.05) is 6.92 Å². The summed E-state index contributed by atoms with van der Waals surface area (Å²) in [5.41, 5.74) is 0. The van der Waals surface area contributed by atoms with Gasteiger partial charge in [-0.05, 0) is 19.8 Å². The zero-order valence-corrected chi connectivity index (χ0v) is 12.4. The van der Waals surface area contributed by atoms with Crippen LogP contribution in [0.2, 0.25) is 0 Å². The molecule has 0 aromatic heterocycles. The van der Waals surface area contributed by atoms with Crippen LogP contribution < -0.4 is 0 Å². The molecular formula is C17H30O. The van der Waals surface area contributed by atoms with Crippen LogP contribution in [0.3, 0.4) is 0 Å². The third-order valence-corrected chi connectivity index (χ3v) is 3.24. The van der Waals surface area contributed by atoms with Crippen LogP contribution in [0.25, 0.3) is 0 Å². The molecule has 0 atom stereocenters. The van der Waals surface area contributed by atoms with E-state index in [2.05, 4.69) is 18.8 Å². The van der Waals surface area contributed by atoms with E-state index in [1.165, 1.54) is 44.9 Å². The highest BCUT2D eigenvalue weighted by Gasteiger charge is 2.00. The number of unbranched alkanes of at least 4 members (excludes halogenated alkanes) is 8. The molecule has 0 bridgehead atoms. The van der Waals surface area contributed by atoms with Gasteiger partial charge in [0.15, 0.2) is 0 Å². The molecule has 0 aliphatic carbocycles. The molecular weight excluding hydrogens is 220 g/mol. The summed E-state index contributed by atoms with van der Waals surface area (Å²) in [6.45, 7) is 4.10. The maximum absolute atomic E-state index is 11.5. The quantitative estimate of drug-likeness (QED) is 0.340. The molecule has 1 nitrogen and oxygen atoms in total. The molecule has 0 radical (unpaired) electrons. The van der Waals surface area contributed by atoms with Gasteiger partial charge in [0.2, 0.25) is 0 Å². The lowest BCUT2D eigenvalue weighted by Crippen LogP contribution is -1.97. The molecule has 0 spiro atoms. The molecule has 0 heterocycles. The van der Waals surface area contributed by atoms with Crippen molar-refractivity contribution >= 4 is 5.78 Å². The first kappa shape index (κ1) is 17.2. The normalized spacial score (nSPS) is 9.89. The van der Waals surface area contributed by atoms with Crippen LogP contribution in [0.1, 0.15) is 90.9 Å². The van der Waals surface area contributed by atoms with Gasteiger partial charge in [-0.25, -0.2) is 0 Å². The number of Topliss-reactive ketones (excluding diaryl/α,β-unsaturated/α-hetero) is 1. The standard InChI is InChI=1S/C17H30O/c1-3-5-7-9-10-11-12-14-16-17(18)15-13-8-6-4-2/h3,5,7-16H2,1-2H3. The minimum absolute atomic E-state index is 0.430. The van der Waals surface area contributed by atoms with Gasteiger partial charge in [-0.2, -0.15) is 0 Å². The van der Waals surface area contributed by atoms with Crippen molar-refractivity contribution in [2.75, 3.05) is 0 Å². The lowest BCUT2D eigenvalue weighted by molar-refractivity contribution is -0.119. The van der Waals surface area contributed by atoms with Crippen molar-refractivity contribution in [2.24, 2.45) is 0 Å². The lowest BCUT2D eigenvalue weighted by Gasteiger charge is -2.01. The van der Waals surface area contributed by atoms with Gasteiger partial charge >= 0.3 is 0 Å². The fourth-order valence-corrected chi connectivity index (χ4v) is 2.08. The summed E-state index contributed by atoms with van der Waals surface area (Å²) in [5.74, 6) is 6.29. The Balaban J connectivity index is 3.16. The van der Waals surface area contributed by atoms with Crippen LogP contribution in [-0.4, -0.2) is 5.78 Å². The summed E-state index contributed by atoms with van der Waals surface area (Å²) in [6.07, 6.45) is 13.7. The summed E-state index contributed by atoms with van der Waals surface area (Å²) in [6, 6.07) is 0. The summed E-state index contributed by atoms with van der Waals surface area (Å²) in [4.78, 5) is 11.5. The number of ketones is 1. The molecule has 0 aliphatic rings. The molecule has 0 unspecified atom stereocenters. The molecule has 0 aromatic carbocycles. The number of carbonyl (C=O) groups excluding carboxylic acids is 1. The van der Waals surface area contributed by atoms with E-state index in [9.17, 15) is 4.79 Å². The van der Waals surface area contributed by atoms with Crippen LogP contribution in [0.4, 0.5) is 0 Å². The van der Waals surface area contributed by atoms with Gasteiger partial charge in [-0.1, -0.05) is 51.9 Å². The van der Waals surface area contributed by atoms with Crippen LogP contribution in [0, 0.1) is 11.8 Å². The SMILES string of the molecule is CC#CCCCC(=O)CCCCCCCCCC. The molecule has 0 N–H and O–H groups in total. The second-order valence-electron chi connectivity index (χ2n) is 5.04. The second kappa shape index (κ2) is 14.3. The Kier molecular flexibility index (Phi) is 13.7. The number of hydrogen-bond donors (Lipinski definition) is 0. The van der Waals surface area contributed by atoms with Crippen molar-refractivity contribution in [3.05, 3.63) is 0 Å². The largest absolute Gasteiger partial charge is 0.300 e. The van der Waals surface area contributed by atoms with E-state index in [-0.39, 0.29) is 0 Å². The van der Waals surface area contributed by atoms with E-state index in [0.717, 1.165) is 32.1 Å². The molecule has 1 heteroatoms. The maximum atomic E-state index is 11.5. The maximum Gasteiger partial charge on any atom is 0.132 e. The summed E-state index contributed by atoms with van der Waals surface area (Å²) >= 11 is 0. The highest BCUT2D eigenvalue weighted by Crippen LogP contribution is 2.10. The van der Waals surface area contributed by atoms with Gasteiger partial charge in [0.1, 0.15) is 5.78 Å². The van der Waals surface area contributed by atoms with Crippen LogP contribution in [0.5, 0.6) is 0 Å². The summed E-state index contributed by atoms with van der Waals surface area (Å²) in [5, 5.41) is 0. The Morgan fingerprint density at radius 2 is 1.39 bits per heavy atom. The Labute approximate surface area is 114 Å². The lowest BCUT2D eigenvalue weighted by atomic mass is 10.0. The monoisotopic (exact) mass is 250 g/mol. The fourth-order valence-electron chi connectivity index (χ4n) is 2.08. The van der Waals surface area contributed by atoms with Crippen LogP contribution in [-0.2, 0) is 4.79 Å². The third-order valence-electron chi connectivity index (χ3n) is 3.24. The van der Waals surface area contributed by atoms with E-state index < -0.39 is 0 Å². The molecule has 0 amide bonds. The van der Waals surface area contributed by atoms with E-state index in [0.29, 0.717) is 5.78 Å². The highest BCUT2D eigenvalue weighted by molar-refractivity contribution is 5.78. The van der Waals surface area contributed by atoms with Crippen LogP contribution in [0.15, 0.2) is 0 Å². The molecule has 104 valence electrons. The zero-order valence-electron chi connectivity index (χ0n) is 12.4. The molecule has 0 aliphatic heterocycles. The fraction of sp³-hybridized carbons (Fsp3) is 0.824. The first-order chi connectivity index (χ1) is 8.81. The predicted octanol–water partition coefficient (Wildman–Crippen LogP) is 5.28. The average Bonchev–Trinajstić information content (AvgIpc) is 2.38. The van der Waals surface area contributed by atoms with Gasteiger partial charge in [0.25, 0.3) is 0 Å². The molecule has 0 saturated carbocycles. The van der Waals surface area contributed by atoms with Gasteiger partial charge in [-0.15, -0.1) is 11.8 Å². The van der Waals surface area contributed by atoms with E-state index >= 15 is 0 Å². The highest BCUT2D eigenvalue weighted by atomic mass is 16.1. The van der Waals surface area contributed by atoms with Gasteiger partial charge in [0.05, 0.1) is 0 Å². The second-order valence-corrected chi connectivity index (χ2v) is 5.04. The zero-order chi connectivity index (χ0) is 13.5. The topological polar surface area (TPSA) is 17.1 Å². The number of carbonyl (C=O) groups is 1. The minimum atomic E-state index is 0.430. The Morgan fingerprint density at radius 3 is 2.00 bits per heavy atom. The van der Waals surface area contributed by atoms with Gasteiger partial charge in [0, 0.05) is 19.3 Å². The number of rotatable bonds is 12. The van der Waals surface area contributed by atoms with Crippen molar-refractivity contribution in [3.8, 4) is 11.8 Å². The smallest absolute Gasteiger partial charge is 0.132 e. The Hall–Kier alpha value is -0.770. The summed E-state index contributed by atoms with van der Waals surface area (Å²) in [7, 11) is 0. The Bertz CT molecular complexity index is 244. The van der Waals surface area contributed by atoms with Gasteiger partial charge in [-0.3, -0.25) is 4.79 Å². The molecule has 0 aromatic rings. The van der Waals surface area contributed by atoms with E-state index in [1.54, 1.807) is 0 Å². The van der Waals surface area contributed by atoms with Crippen molar-refractivity contribution in [3.63, 3.8) is 0 Å². The first-order valence-corrected chi connectivity index (χ1v) is 7.72. The van der Waals surface area contributed by atoms with Crippen molar-refractivity contribution in [1.29, 1.82) is 0 Å². The molecule has 0 fully saturated rings. The van der Waals surface area contributed by atoms with Gasteiger partial charge < -0.3 is 0 Å². The Morgan fingerprint density at radius 1 is 0.833 bits per heavy atom. The summed E-state index contributed by atoms with van der Waals surface area (Å²) < 4.78 is 0. The van der Waals surface area contributed by atoms with Crippen molar-refractivity contribution in [1.82, 2.24) is 0 Å². The van der Waals surface area contributed by atoms with Crippen molar-refractivity contribution < 1.29 is 4.79 Å². The number of hydrogen-bond acceptors (Lipinski definition) is 1.